The Morgan fingerprint density at radius 3 is 2.70 bits per heavy atom. The molecular weight excluding hydrogens is 685 g/mol. The highest BCUT2D eigenvalue weighted by Gasteiger charge is 2.30. The van der Waals surface area contributed by atoms with E-state index in [0.29, 0.717) is 34.5 Å². The van der Waals surface area contributed by atoms with E-state index in [1.54, 1.807) is 42.3 Å². The average Bonchev–Trinajstić information content (AvgIpc) is 3.61. The molecule has 1 unspecified atom stereocenters. The monoisotopic (exact) mass is 720 g/mol. The first-order valence-electron chi connectivity index (χ1n) is 17.9. The molecule has 54 heavy (non-hydrogen) atoms. The topological polar surface area (TPSA) is 165 Å². The second kappa shape index (κ2) is 14.0. The van der Waals surface area contributed by atoms with Crippen molar-refractivity contribution in [2.24, 2.45) is 7.05 Å². The molecule has 2 aliphatic heterocycles. The Kier molecular flexibility index (Phi) is 8.95. The van der Waals surface area contributed by atoms with Crippen molar-refractivity contribution in [3.05, 3.63) is 105 Å². The zero-order chi connectivity index (χ0) is 37.5. The van der Waals surface area contributed by atoms with Gasteiger partial charge in [0, 0.05) is 64.9 Å². The summed E-state index contributed by atoms with van der Waals surface area (Å²) in [4.78, 5) is 70.8. The van der Waals surface area contributed by atoms with Crippen molar-refractivity contribution in [2.75, 3.05) is 18.0 Å². The highest BCUT2D eigenvalue weighted by atomic mass is 16.3. The van der Waals surface area contributed by atoms with Gasteiger partial charge in [0.15, 0.2) is 5.82 Å². The summed E-state index contributed by atoms with van der Waals surface area (Å²) in [7, 11) is 1.80. The number of benzene rings is 1. The lowest BCUT2D eigenvalue weighted by atomic mass is 9.90. The number of fused-ring (bicyclic) bond motifs is 3. The van der Waals surface area contributed by atoms with Crippen molar-refractivity contribution in [2.45, 2.75) is 51.9 Å². The summed E-state index contributed by atoms with van der Waals surface area (Å²) in [5, 5.41) is 6.85. The number of furan rings is 1. The van der Waals surface area contributed by atoms with E-state index in [2.05, 4.69) is 39.3 Å². The molecule has 8 rings (SSSR count). The molecule has 5 aromatic heterocycles. The van der Waals surface area contributed by atoms with Gasteiger partial charge in [-0.25, -0.2) is 15.0 Å². The van der Waals surface area contributed by atoms with Gasteiger partial charge in [0.25, 0.3) is 11.5 Å². The number of pyridine rings is 3. The number of carbonyl (C=O) groups is 3. The van der Waals surface area contributed by atoms with Gasteiger partial charge in [-0.3, -0.25) is 29.5 Å². The fraction of sp³-hybridized carbons (Fsp3) is 0.268. The van der Waals surface area contributed by atoms with Crippen LogP contribution in [0.3, 0.4) is 0 Å². The molecule has 0 saturated carbocycles. The third kappa shape index (κ3) is 6.36. The molecule has 2 N–H and O–H groups in total. The molecule has 2 aliphatic rings. The summed E-state index contributed by atoms with van der Waals surface area (Å²) < 4.78 is 7.34. The van der Waals surface area contributed by atoms with Crippen molar-refractivity contribution in [1.82, 2.24) is 35.1 Å². The normalized spacial score (nSPS) is 15.5. The highest BCUT2D eigenvalue weighted by Crippen LogP contribution is 2.37. The molecule has 0 radical (unpaired) electrons. The molecule has 1 fully saturated rings. The van der Waals surface area contributed by atoms with E-state index in [4.69, 9.17) is 19.4 Å². The molecule has 270 valence electrons. The minimum Gasteiger partial charge on any atom is -0.464 e. The van der Waals surface area contributed by atoms with Crippen molar-refractivity contribution < 1.29 is 18.8 Å². The minimum atomic E-state index is -0.467. The third-order valence-corrected chi connectivity index (χ3v) is 10.0. The lowest BCUT2D eigenvalue weighted by Gasteiger charge is -2.31. The van der Waals surface area contributed by atoms with Gasteiger partial charge in [-0.1, -0.05) is 18.8 Å². The lowest BCUT2D eigenvalue weighted by Crippen LogP contribution is -2.39. The molecule has 1 saturated heterocycles. The van der Waals surface area contributed by atoms with Crippen molar-refractivity contribution in [3.8, 4) is 23.2 Å². The number of carbonyl (C=O) groups excluding carboxylic acids is 3. The van der Waals surface area contributed by atoms with Crippen molar-refractivity contribution in [3.63, 3.8) is 0 Å². The molecule has 13 nitrogen and oxygen atoms in total. The van der Waals surface area contributed by atoms with Crippen LogP contribution in [0.25, 0.3) is 33.3 Å². The first-order chi connectivity index (χ1) is 26.2. The molecule has 6 aromatic rings. The van der Waals surface area contributed by atoms with Gasteiger partial charge in [0.2, 0.25) is 11.8 Å². The van der Waals surface area contributed by atoms with Crippen LogP contribution in [0, 0.1) is 18.8 Å². The SMILES string of the molecule is CCc1cc2c(cc(C)c(=O)n2C)c(N2CCCc3nc(-c4ccc(C(=O)NCC#Cc5ccc6occ(C7CCC(=O)NC7=O)c6c5)nc4)ncc32)n1. The van der Waals surface area contributed by atoms with Crippen LogP contribution in [0.2, 0.25) is 0 Å². The number of amides is 3. The Hall–Kier alpha value is -6.68. The van der Waals surface area contributed by atoms with Gasteiger partial charge in [-0.05, 0) is 75.1 Å². The maximum absolute atomic E-state index is 12.9. The number of rotatable bonds is 6. The van der Waals surface area contributed by atoms with Crippen LogP contribution in [0.15, 0.2) is 70.3 Å². The Bertz CT molecular complexity index is 2630. The van der Waals surface area contributed by atoms with E-state index in [9.17, 15) is 19.2 Å². The van der Waals surface area contributed by atoms with Crippen LogP contribution in [-0.4, -0.2) is 55.3 Å². The molecule has 1 atom stereocenters. The van der Waals surface area contributed by atoms with Crippen molar-refractivity contribution in [1.29, 1.82) is 0 Å². The molecule has 0 aliphatic carbocycles. The predicted octanol–water partition coefficient (Wildman–Crippen LogP) is 4.79. The standard InChI is InChI=1S/C41H36N8O5/c1-4-26-19-33-29(17-23(2)41(53)48(33)3)38(45-26)49-16-6-8-31-34(49)21-44-37(46-31)25-10-12-32(43-20-25)40(52)42-15-5-7-24-9-13-35-28(18-24)30(22-54-35)27-11-14-36(50)47-39(27)51/h9-10,12-13,17-22,27H,4,6,8,11,14-16H2,1-3H3,(H,42,52)(H,47,50,51). The Balaban J connectivity index is 0.955. The first-order valence-corrected chi connectivity index (χ1v) is 17.9. The quantitative estimate of drug-likeness (QED) is 0.181. The minimum absolute atomic E-state index is 0.0242. The number of nitrogens with zero attached hydrogens (tertiary/aromatic N) is 6. The van der Waals surface area contributed by atoms with Crippen LogP contribution >= 0.6 is 0 Å². The van der Waals surface area contributed by atoms with Crippen LogP contribution in [-0.2, 0) is 29.5 Å². The molecule has 1 aromatic carbocycles. The molecule has 0 bridgehead atoms. The number of hydrogen-bond donors (Lipinski definition) is 2. The molecule has 3 amide bonds. The van der Waals surface area contributed by atoms with Gasteiger partial charge < -0.3 is 19.2 Å². The molecular formula is C41H36N8O5. The Morgan fingerprint density at radius 2 is 1.91 bits per heavy atom. The number of hydrogen-bond acceptors (Lipinski definition) is 10. The van der Waals surface area contributed by atoms with Crippen molar-refractivity contribution >= 4 is 51.1 Å². The number of nitrogens with one attached hydrogen (secondary N) is 2. The number of anilines is 2. The predicted molar refractivity (Wildman–Crippen MR) is 202 cm³/mol. The van der Waals surface area contributed by atoms with Gasteiger partial charge in [0.1, 0.15) is 17.1 Å². The van der Waals surface area contributed by atoms with Gasteiger partial charge in [0.05, 0.1) is 41.8 Å². The second-order valence-electron chi connectivity index (χ2n) is 13.5. The van der Waals surface area contributed by atoms with E-state index in [1.165, 1.54) is 0 Å². The molecule has 0 spiro atoms. The summed E-state index contributed by atoms with van der Waals surface area (Å²) in [6, 6.07) is 12.8. The van der Waals surface area contributed by atoms with E-state index in [-0.39, 0.29) is 41.9 Å². The number of piperidine rings is 1. The Morgan fingerprint density at radius 1 is 1.04 bits per heavy atom. The largest absolute Gasteiger partial charge is 0.464 e. The molecule has 7 heterocycles. The van der Waals surface area contributed by atoms with Crippen LogP contribution < -0.4 is 21.1 Å². The lowest BCUT2D eigenvalue weighted by molar-refractivity contribution is -0.134. The van der Waals surface area contributed by atoms with E-state index >= 15 is 0 Å². The van der Waals surface area contributed by atoms with Gasteiger partial charge in [-0.15, -0.1) is 0 Å². The van der Waals surface area contributed by atoms with E-state index < -0.39 is 5.92 Å². The number of aromatic nitrogens is 5. The van der Waals surface area contributed by atoms with Crippen LogP contribution in [0.4, 0.5) is 11.5 Å². The second-order valence-corrected chi connectivity index (χ2v) is 13.5. The number of imide groups is 1. The van der Waals surface area contributed by atoms with Gasteiger partial charge >= 0.3 is 0 Å². The summed E-state index contributed by atoms with van der Waals surface area (Å²) >= 11 is 0. The fourth-order valence-electron chi connectivity index (χ4n) is 7.15. The number of aryl methyl sites for hydroxylation is 4. The van der Waals surface area contributed by atoms with E-state index in [0.717, 1.165) is 70.6 Å². The average molecular weight is 721 g/mol. The molecule has 13 heteroatoms. The Labute approximate surface area is 309 Å². The fourth-order valence-corrected chi connectivity index (χ4v) is 7.15. The maximum Gasteiger partial charge on any atom is 0.270 e. The van der Waals surface area contributed by atoms with Crippen LogP contribution in [0.5, 0.6) is 0 Å². The third-order valence-electron chi connectivity index (χ3n) is 10.0. The smallest absolute Gasteiger partial charge is 0.270 e. The zero-order valence-corrected chi connectivity index (χ0v) is 30.0. The van der Waals surface area contributed by atoms with E-state index in [1.807, 2.05) is 37.4 Å². The summed E-state index contributed by atoms with van der Waals surface area (Å²) in [5.41, 5.74) is 7.10. The van der Waals surface area contributed by atoms with Gasteiger partial charge in [-0.2, -0.15) is 0 Å². The summed E-state index contributed by atoms with van der Waals surface area (Å²) in [5.74, 6) is 5.89. The summed E-state index contributed by atoms with van der Waals surface area (Å²) in [6.07, 6.45) is 8.04. The zero-order valence-electron chi connectivity index (χ0n) is 30.0. The first kappa shape index (κ1) is 34.4. The van der Waals surface area contributed by atoms with Crippen LogP contribution in [0.1, 0.15) is 70.7 Å². The maximum atomic E-state index is 12.9. The highest BCUT2D eigenvalue weighted by molar-refractivity contribution is 6.03. The summed E-state index contributed by atoms with van der Waals surface area (Å²) in [6.45, 7) is 4.71.